The van der Waals surface area contributed by atoms with Crippen molar-refractivity contribution in [3.05, 3.63) is 94.8 Å². The molecular weight excluding hydrogens is 272 g/mol. The molecule has 0 heterocycles. The predicted molar refractivity (Wildman–Crippen MR) is 92.0 cm³/mol. The van der Waals surface area contributed by atoms with Crippen molar-refractivity contribution in [1.29, 1.82) is 0 Å². The Morgan fingerprint density at radius 2 is 1.90 bits per heavy atom. The smallest absolute Gasteiger partial charge is 0.0212 e. The summed E-state index contributed by atoms with van der Waals surface area (Å²) in [5.41, 5.74) is 8.69. The van der Waals surface area contributed by atoms with Gasteiger partial charge in [-0.15, -0.1) is 0 Å². The van der Waals surface area contributed by atoms with Gasteiger partial charge in [-0.3, -0.25) is 0 Å². The summed E-state index contributed by atoms with van der Waals surface area (Å²) >= 11 is 1.79. The quantitative estimate of drug-likeness (QED) is 0.630. The van der Waals surface area contributed by atoms with E-state index in [0.717, 1.165) is 12.8 Å². The van der Waals surface area contributed by atoms with Gasteiger partial charge in [0.2, 0.25) is 0 Å². The molecule has 2 aliphatic carbocycles. The van der Waals surface area contributed by atoms with E-state index in [1.165, 1.54) is 20.9 Å². The highest BCUT2D eigenvalue weighted by Gasteiger charge is 2.09. The number of hydrogen-bond donors (Lipinski definition) is 0. The van der Waals surface area contributed by atoms with Gasteiger partial charge in [0, 0.05) is 15.9 Å². The SMILES string of the molecule is C1=C=CC(Sc2ccccc2/C2=C/C=C\C=C\CC2)=CC=1. The molecule has 0 amide bonds. The topological polar surface area (TPSA) is 0 Å². The van der Waals surface area contributed by atoms with Crippen LogP contribution in [0, 0.1) is 0 Å². The van der Waals surface area contributed by atoms with E-state index in [9.17, 15) is 0 Å². The molecule has 0 saturated heterocycles. The fraction of sp³-hybridized carbons (Fsp3) is 0.100. The molecule has 0 fully saturated rings. The van der Waals surface area contributed by atoms with E-state index >= 15 is 0 Å². The van der Waals surface area contributed by atoms with E-state index in [2.05, 4.69) is 72.2 Å². The maximum atomic E-state index is 3.02. The number of hydrogen-bond acceptors (Lipinski definition) is 1. The van der Waals surface area contributed by atoms with Crippen molar-refractivity contribution in [2.24, 2.45) is 0 Å². The van der Waals surface area contributed by atoms with Crippen molar-refractivity contribution in [1.82, 2.24) is 0 Å². The van der Waals surface area contributed by atoms with Crippen molar-refractivity contribution in [3.63, 3.8) is 0 Å². The van der Waals surface area contributed by atoms with Crippen LogP contribution in [-0.2, 0) is 0 Å². The molecule has 1 aromatic rings. The Hall–Kier alpha value is -2.17. The van der Waals surface area contributed by atoms with Crippen LogP contribution >= 0.6 is 11.8 Å². The molecule has 0 atom stereocenters. The molecule has 1 heteroatoms. The third-order valence-corrected chi connectivity index (χ3v) is 4.39. The van der Waals surface area contributed by atoms with Crippen molar-refractivity contribution >= 4 is 17.3 Å². The van der Waals surface area contributed by atoms with Gasteiger partial charge in [-0.1, -0.05) is 71.8 Å². The fourth-order valence-corrected chi connectivity index (χ4v) is 3.27. The Balaban J connectivity index is 1.91. The first-order chi connectivity index (χ1) is 10.4. The van der Waals surface area contributed by atoms with Gasteiger partial charge in [0.25, 0.3) is 0 Å². The van der Waals surface area contributed by atoms with Crippen LogP contribution in [0.3, 0.4) is 0 Å². The van der Waals surface area contributed by atoms with Crippen LogP contribution in [0.4, 0.5) is 0 Å². The van der Waals surface area contributed by atoms with Crippen LogP contribution in [-0.4, -0.2) is 0 Å². The highest BCUT2D eigenvalue weighted by molar-refractivity contribution is 8.03. The van der Waals surface area contributed by atoms with Gasteiger partial charge in [-0.05, 0) is 42.2 Å². The summed E-state index contributed by atoms with van der Waals surface area (Å²) in [6.07, 6.45) is 18.9. The van der Waals surface area contributed by atoms with E-state index in [1.807, 2.05) is 12.2 Å². The largest absolute Gasteiger partial charge is 0.0888 e. The van der Waals surface area contributed by atoms with Gasteiger partial charge in [0.05, 0.1) is 0 Å². The van der Waals surface area contributed by atoms with Gasteiger partial charge in [0.15, 0.2) is 0 Å². The van der Waals surface area contributed by atoms with Crippen LogP contribution in [0.15, 0.2) is 94.1 Å². The Morgan fingerprint density at radius 3 is 2.81 bits per heavy atom. The summed E-state index contributed by atoms with van der Waals surface area (Å²) in [5.74, 6) is 0. The lowest BCUT2D eigenvalue weighted by molar-refractivity contribution is 1.06. The molecule has 21 heavy (non-hydrogen) atoms. The third-order valence-electron chi connectivity index (χ3n) is 3.33. The van der Waals surface area contributed by atoms with Crippen molar-refractivity contribution in [2.45, 2.75) is 17.7 Å². The lowest BCUT2D eigenvalue weighted by Crippen LogP contribution is -1.89. The van der Waals surface area contributed by atoms with Crippen LogP contribution < -0.4 is 0 Å². The lowest BCUT2D eigenvalue weighted by Gasteiger charge is -2.13. The monoisotopic (exact) mass is 288 g/mol. The molecule has 0 aliphatic heterocycles. The van der Waals surface area contributed by atoms with Gasteiger partial charge >= 0.3 is 0 Å². The molecule has 0 nitrogen and oxygen atoms in total. The second-order valence-electron chi connectivity index (χ2n) is 4.81. The van der Waals surface area contributed by atoms with E-state index in [0.29, 0.717) is 0 Å². The van der Waals surface area contributed by atoms with Crippen LogP contribution in [0.2, 0.25) is 0 Å². The van der Waals surface area contributed by atoms with E-state index in [-0.39, 0.29) is 0 Å². The minimum absolute atomic E-state index is 1.08. The normalized spacial score (nSPS) is 21.9. The Labute approximate surface area is 130 Å². The first-order valence-electron chi connectivity index (χ1n) is 7.11. The zero-order chi connectivity index (χ0) is 14.3. The van der Waals surface area contributed by atoms with Gasteiger partial charge in [0.1, 0.15) is 0 Å². The number of benzene rings is 1. The van der Waals surface area contributed by atoms with Crippen molar-refractivity contribution in [3.8, 4) is 0 Å². The zero-order valence-electron chi connectivity index (χ0n) is 11.8. The lowest BCUT2D eigenvalue weighted by atomic mass is 9.99. The summed E-state index contributed by atoms with van der Waals surface area (Å²) < 4.78 is 0. The standard InChI is InChI=1S/C20H16S/c1-2-5-11-17(12-6-3-1)19-15-9-10-16-20(19)21-18-13-7-4-8-14-18/h1-3,5,7,9-11,13-16H,6,12H2/b3-1+,5-2-,17-11+. The Kier molecular flexibility index (Phi) is 4.61. The van der Waals surface area contributed by atoms with E-state index in [1.54, 1.807) is 11.8 Å². The van der Waals surface area contributed by atoms with Gasteiger partial charge in [-0.2, -0.15) is 0 Å². The average Bonchev–Trinajstić information content (AvgIpc) is 2.49. The second kappa shape index (κ2) is 7.02. The first kappa shape index (κ1) is 13.8. The Bertz CT molecular complexity index is 744. The molecule has 2 aliphatic rings. The van der Waals surface area contributed by atoms with Gasteiger partial charge < -0.3 is 0 Å². The summed E-state index contributed by atoms with van der Waals surface area (Å²) in [7, 11) is 0. The molecule has 0 aromatic heterocycles. The first-order valence-corrected chi connectivity index (χ1v) is 7.92. The highest BCUT2D eigenvalue weighted by Crippen LogP contribution is 2.35. The molecule has 3 rings (SSSR count). The van der Waals surface area contributed by atoms with Crippen LogP contribution in [0.5, 0.6) is 0 Å². The summed E-state index contributed by atoms with van der Waals surface area (Å²) in [6, 6.07) is 8.62. The van der Waals surface area contributed by atoms with Crippen LogP contribution in [0.1, 0.15) is 18.4 Å². The summed E-state index contributed by atoms with van der Waals surface area (Å²) in [6.45, 7) is 0. The van der Waals surface area contributed by atoms with Gasteiger partial charge in [-0.25, -0.2) is 0 Å². The molecule has 0 bridgehead atoms. The summed E-state index contributed by atoms with van der Waals surface area (Å²) in [5, 5.41) is 0. The summed E-state index contributed by atoms with van der Waals surface area (Å²) in [4.78, 5) is 2.49. The molecule has 1 aromatic carbocycles. The highest BCUT2D eigenvalue weighted by atomic mass is 32.2. The van der Waals surface area contributed by atoms with Crippen LogP contribution in [0.25, 0.3) is 5.57 Å². The zero-order valence-corrected chi connectivity index (χ0v) is 12.6. The van der Waals surface area contributed by atoms with E-state index in [4.69, 9.17) is 0 Å². The van der Waals surface area contributed by atoms with Crippen molar-refractivity contribution in [2.75, 3.05) is 0 Å². The number of thioether (sulfide) groups is 1. The molecule has 0 radical (unpaired) electrons. The maximum absolute atomic E-state index is 3.02. The minimum atomic E-state index is 1.08. The number of allylic oxidation sites excluding steroid dienone is 9. The molecule has 0 spiro atoms. The fourth-order valence-electron chi connectivity index (χ4n) is 2.30. The molecule has 0 saturated carbocycles. The maximum Gasteiger partial charge on any atom is 0.0212 e. The Morgan fingerprint density at radius 1 is 0.952 bits per heavy atom. The molecule has 0 unspecified atom stereocenters. The predicted octanol–water partition coefficient (Wildman–Crippen LogP) is 5.83. The molecule has 0 N–H and O–H groups in total. The third kappa shape index (κ3) is 3.68. The minimum Gasteiger partial charge on any atom is -0.0888 e. The molecular formula is C20H16S. The second-order valence-corrected chi connectivity index (χ2v) is 5.93. The molecule has 102 valence electrons. The average molecular weight is 288 g/mol. The van der Waals surface area contributed by atoms with E-state index < -0.39 is 0 Å². The number of rotatable bonds is 3. The van der Waals surface area contributed by atoms with Crippen molar-refractivity contribution < 1.29 is 0 Å².